The van der Waals surface area contributed by atoms with Crippen molar-refractivity contribution in [3.63, 3.8) is 0 Å². The molecule has 5 atom stereocenters. The Labute approximate surface area is 903 Å². The van der Waals surface area contributed by atoms with Crippen molar-refractivity contribution >= 4 is 23.6 Å². The van der Waals surface area contributed by atoms with Gasteiger partial charge in [-0.25, -0.2) is 0 Å². The van der Waals surface area contributed by atoms with E-state index < -0.39 is 0 Å². The Morgan fingerprint density at radius 3 is 0.959 bits per heavy atom. The lowest BCUT2D eigenvalue weighted by Crippen LogP contribution is -2.32. The normalized spacial score (nSPS) is 13.3. The Hall–Kier alpha value is -12.7. The van der Waals surface area contributed by atoms with Crippen molar-refractivity contribution in [2.75, 3.05) is 4.90 Å². The molecule has 2 amide bonds. The highest BCUT2D eigenvalue weighted by atomic mass is 16.5. The maximum absolute atomic E-state index is 12.5. The Balaban J connectivity index is 0.000000432. The van der Waals surface area contributed by atoms with Crippen molar-refractivity contribution in [2.45, 2.75) is 317 Å². The second-order valence-corrected chi connectivity index (χ2v) is 40.4. The predicted molar refractivity (Wildman–Crippen MR) is 651 cm³/mol. The average molecular weight is 1990 g/mol. The van der Waals surface area contributed by atoms with E-state index in [1.807, 2.05) is 185 Å². The number of para-hydroxylation sites is 1. The number of carbonyl (C=O) groups excluding carboxylic acids is 2. The van der Waals surface area contributed by atoms with Gasteiger partial charge in [0.15, 0.2) is 0 Å². The van der Waals surface area contributed by atoms with E-state index in [4.69, 9.17) is 9.47 Å². The van der Waals surface area contributed by atoms with E-state index in [1.54, 1.807) is 0 Å². The number of carbonyl (C=O) groups is 2. The first-order valence-corrected chi connectivity index (χ1v) is 55.4. The van der Waals surface area contributed by atoms with Crippen molar-refractivity contribution in [3.8, 4) is 23.0 Å². The molecule has 5 heteroatoms. The van der Waals surface area contributed by atoms with Crippen molar-refractivity contribution < 1.29 is 19.1 Å². The lowest BCUT2D eigenvalue weighted by molar-refractivity contribution is -0.123. The van der Waals surface area contributed by atoms with E-state index in [0.717, 1.165) is 67.4 Å². The molecule has 14 aromatic carbocycles. The number of benzene rings is 14. The molecular weight excluding hydrogens is 1800 g/mol. The topological polar surface area (TPSA) is 55.8 Å². The summed E-state index contributed by atoms with van der Waals surface area (Å²) in [7, 11) is 0. The number of amides is 2. The molecular formula is C143H191NO4. The van der Waals surface area contributed by atoms with Crippen LogP contribution in [0, 0.1) is 125 Å². The fourth-order valence-corrected chi connectivity index (χ4v) is 17.2. The Bertz CT molecular complexity index is 5600. The van der Waals surface area contributed by atoms with Gasteiger partial charge in [-0.05, 0) is 308 Å². The van der Waals surface area contributed by atoms with Crippen molar-refractivity contribution in [1.29, 1.82) is 0 Å². The monoisotopic (exact) mass is 1990 g/mol. The lowest BCUT2D eigenvalue weighted by atomic mass is 9.78. The molecule has 1 saturated heterocycles. The lowest BCUT2D eigenvalue weighted by Gasteiger charge is -2.26. The van der Waals surface area contributed by atoms with E-state index >= 15 is 0 Å². The van der Waals surface area contributed by atoms with Crippen LogP contribution in [0.3, 0.4) is 0 Å². The Morgan fingerprint density at radius 1 is 0.338 bits per heavy atom. The maximum Gasteiger partial charge on any atom is 0.238 e. The second-order valence-electron chi connectivity index (χ2n) is 40.4. The van der Waals surface area contributed by atoms with Crippen molar-refractivity contribution in [2.24, 2.45) is 35.0 Å². The van der Waals surface area contributed by atoms with Crippen LogP contribution < -0.4 is 14.4 Å². The third kappa shape index (κ3) is 48.1. The minimum absolute atomic E-state index is 0.00644. The SMILES string of the molecule is C=Cc1ccc(CC)cc1.CC.CC.CCC.CCC.CCC.CCCC(C)CC(C)(C)CC.CCc1cc(Cc2cc(C)c(C)c(CC)c2)cc(C)c1C.Cc1ccc(C)c(C)c1.Cc1ccc(Cc2ccc(C)cc2)cc1.Cc1ccc(Oc2ccc(C(C)(C)c3ccc(Oc4ccc(C)cc4)cc3)cc2)cc1.Cc1cccc(C)c1.O=C1C2C3C=CC(C3)C2C(=O)N1c1ccccc1.c1ccccc1.c1ccccc1. The van der Waals surface area contributed by atoms with Crippen LogP contribution in [0.4, 0.5) is 5.69 Å². The number of imide groups is 1. The van der Waals surface area contributed by atoms with Crippen LogP contribution in [-0.2, 0) is 47.1 Å². The maximum atomic E-state index is 12.5. The summed E-state index contributed by atoms with van der Waals surface area (Å²) in [6.45, 7) is 75.2. The number of nitrogens with zero attached hydrogens (tertiary/aromatic N) is 1. The van der Waals surface area contributed by atoms with E-state index in [0.29, 0.717) is 11.1 Å². The van der Waals surface area contributed by atoms with E-state index in [2.05, 4.69) is 408 Å². The molecule has 2 bridgehead atoms. The van der Waals surface area contributed by atoms with Gasteiger partial charge in [0.2, 0.25) is 11.8 Å². The van der Waals surface area contributed by atoms with Gasteiger partial charge in [0.25, 0.3) is 0 Å². The molecule has 1 heterocycles. The minimum atomic E-state index is -0.134. The first kappa shape index (κ1) is 129. The summed E-state index contributed by atoms with van der Waals surface area (Å²) in [5.41, 5.74) is 32.4. The molecule has 1 saturated carbocycles. The van der Waals surface area contributed by atoms with Gasteiger partial charge in [0, 0.05) is 5.41 Å². The van der Waals surface area contributed by atoms with Gasteiger partial charge in [0.1, 0.15) is 23.0 Å². The zero-order chi connectivity index (χ0) is 110. The van der Waals surface area contributed by atoms with Crippen LogP contribution in [0.15, 0.2) is 358 Å². The molecule has 148 heavy (non-hydrogen) atoms. The number of fused-ring (bicyclic) bond motifs is 5. The number of rotatable bonds is 20. The fraction of sp³-hybridized carbons (Fsp3) is 0.371. The summed E-state index contributed by atoms with van der Waals surface area (Å²) in [6.07, 6.45) is 21.7. The van der Waals surface area contributed by atoms with E-state index in [9.17, 15) is 9.59 Å². The predicted octanol–water partition coefficient (Wildman–Crippen LogP) is 41.5. The summed E-state index contributed by atoms with van der Waals surface area (Å²) >= 11 is 0. The number of aryl methyl sites for hydroxylation is 14. The molecule has 5 unspecified atom stereocenters. The molecule has 792 valence electrons. The van der Waals surface area contributed by atoms with Gasteiger partial charge >= 0.3 is 0 Å². The van der Waals surface area contributed by atoms with Gasteiger partial charge in [-0.3, -0.25) is 14.5 Å². The van der Waals surface area contributed by atoms with Gasteiger partial charge in [-0.15, -0.1) is 0 Å². The first-order valence-electron chi connectivity index (χ1n) is 55.4. The average Bonchev–Trinajstić information content (AvgIpc) is 1.56. The number of hydrogen-bond acceptors (Lipinski definition) is 4. The van der Waals surface area contributed by atoms with Crippen molar-refractivity contribution in [1.82, 2.24) is 0 Å². The van der Waals surface area contributed by atoms with Gasteiger partial charge < -0.3 is 9.47 Å². The quantitative estimate of drug-likeness (QED) is 0.0564. The fourth-order valence-electron chi connectivity index (χ4n) is 17.2. The molecule has 0 spiro atoms. The summed E-state index contributed by atoms with van der Waals surface area (Å²) in [4.78, 5) is 26.3. The molecule has 2 aliphatic carbocycles. The van der Waals surface area contributed by atoms with Crippen LogP contribution in [-0.4, -0.2) is 11.8 Å². The summed E-state index contributed by atoms with van der Waals surface area (Å²) in [5, 5.41) is 0. The Morgan fingerprint density at radius 2 is 0.655 bits per heavy atom. The molecule has 5 nitrogen and oxygen atoms in total. The van der Waals surface area contributed by atoms with Gasteiger partial charge in [-0.1, -0.05) is 520 Å². The van der Waals surface area contributed by atoms with Gasteiger partial charge in [0.05, 0.1) is 17.5 Å². The summed E-state index contributed by atoms with van der Waals surface area (Å²) in [5.74, 6) is 4.63. The molecule has 17 rings (SSSR count). The molecule has 2 fully saturated rings. The number of anilines is 1. The molecule has 3 aliphatic rings. The number of ether oxygens (including phenoxy) is 2. The number of allylic oxidation sites excluding steroid dienone is 2. The van der Waals surface area contributed by atoms with E-state index in [1.165, 1.54) is 178 Å². The molecule has 14 aromatic rings. The van der Waals surface area contributed by atoms with Crippen LogP contribution in [0.25, 0.3) is 6.08 Å². The zero-order valence-corrected chi connectivity index (χ0v) is 97.9. The highest BCUT2D eigenvalue weighted by Crippen LogP contribution is 2.53. The second kappa shape index (κ2) is 72.6. The highest BCUT2D eigenvalue weighted by Gasteiger charge is 2.59. The number of hydrogen-bond donors (Lipinski definition) is 0. The van der Waals surface area contributed by atoms with Gasteiger partial charge in [-0.2, -0.15) is 0 Å². The summed E-state index contributed by atoms with van der Waals surface area (Å²) < 4.78 is 11.9. The molecule has 1 aliphatic heterocycles. The minimum Gasteiger partial charge on any atom is -0.457 e. The van der Waals surface area contributed by atoms with Crippen LogP contribution >= 0.6 is 0 Å². The highest BCUT2D eigenvalue weighted by molar-refractivity contribution is 6.22. The third-order valence-corrected chi connectivity index (χ3v) is 26.1. The van der Waals surface area contributed by atoms with Crippen LogP contribution in [0.1, 0.15) is 318 Å². The summed E-state index contributed by atoms with van der Waals surface area (Å²) in [6, 6.07) is 117. The van der Waals surface area contributed by atoms with Crippen LogP contribution in [0.5, 0.6) is 23.0 Å². The smallest absolute Gasteiger partial charge is 0.238 e. The van der Waals surface area contributed by atoms with Crippen molar-refractivity contribution in [3.05, 3.63) is 486 Å². The zero-order valence-electron chi connectivity index (χ0n) is 97.9. The Kier molecular flexibility index (Phi) is 63.5. The largest absolute Gasteiger partial charge is 0.457 e. The van der Waals surface area contributed by atoms with E-state index in [-0.39, 0.29) is 40.9 Å². The third-order valence-electron chi connectivity index (χ3n) is 26.1. The standard InChI is InChI=1S/C29H28O2.C21H28.C15H13NO2.C15H16.C11H24.C10H12.C9H12.C8H10.2C6H6.3C3H8.2C2H6/c1-21-5-13-25(14-6-21)30-27-17-9-23(10-18-27)29(3,4)24-11-19-28(20-12-24)31-26-15-7-22(2)8-16-26;1-7-20-12-18(9-14(3)16(20)5)11-19-10-15(4)17(6)21(8-2)13-19;17-14-12-9-6-7-10(8-9)13(12)15(18)16(14)11-4-2-1-3-5-11;1-12-3-7-14(8-4-12)11-15-9-5-13(2)6-10-15;1-6-8-10(3)9-11(4,5)7-2;1-3-9-5-7-10(4-2)8-6-9;1-7-4-5-8(2)9(3)6-7;1-7-4-3-5-8(2)6-7;2*1-2-4-6-5-3-1;3*1-3-2;2*1-2/h5-20H,1-4H3;9-10,12-13H,7-8,11H2,1-6H3;1-7,9-10,12-13H,8H2;3-10H,11H2,1-2H3;10H,6-9H2,1-5H3;3,5-8H,1,4H2,2H3;4-6H,1-3H3;3-6H,1-2H3;2*1-6H;3*3H2,1-2H3;2*1-2H3. The molecule has 0 radical (unpaired) electrons. The van der Waals surface area contributed by atoms with Crippen LogP contribution in [0.2, 0.25) is 0 Å². The molecule has 0 aromatic heterocycles. The molecule has 0 N–H and O–H groups in total. The first-order chi connectivity index (χ1) is 71.0.